The Hall–Kier alpha value is -2.38. The molecule has 8 nitrogen and oxygen atoms in total. The number of carboxylic acids is 1. The van der Waals surface area contributed by atoms with Crippen LogP contribution in [0, 0.1) is 19.8 Å². The quantitative estimate of drug-likeness (QED) is 0.887. The van der Waals surface area contributed by atoms with Gasteiger partial charge in [-0.2, -0.15) is 10.2 Å². The van der Waals surface area contributed by atoms with Crippen molar-refractivity contribution in [3.63, 3.8) is 0 Å². The van der Waals surface area contributed by atoms with Crippen molar-refractivity contribution in [1.29, 1.82) is 0 Å². The van der Waals surface area contributed by atoms with Crippen molar-refractivity contribution in [2.75, 3.05) is 0 Å². The molecular weight excluding hydrogens is 272 g/mol. The summed E-state index contributed by atoms with van der Waals surface area (Å²) in [5.74, 6) is -0.277. The van der Waals surface area contributed by atoms with Crippen molar-refractivity contribution in [1.82, 2.24) is 30.4 Å². The first-order valence-corrected chi connectivity index (χ1v) is 6.71. The highest BCUT2D eigenvalue weighted by atomic mass is 16.4. The molecule has 2 aromatic rings. The number of aryl methyl sites for hydroxylation is 2. The zero-order valence-corrected chi connectivity index (χ0v) is 12.5. The first-order chi connectivity index (χ1) is 9.90. The third kappa shape index (κ3) is 3.21. The molecule has 0 radical (unpaired) electrons. The molecule has 112 valence electrons. The average molecular weight is 290 g/mol. The first-order valence-electron chi connectivity index (χ1n) is 6.71. The molecule has 0 bridgehead atoms. The van der Waals surface area contributed by atoms with Gasteiger partial charge in [0.05, 0.1) is 23.9 Å². The van der Waals surface area contributed by atoms with Gasteiger partial charge in [0.1, 0.15) is 0 Å². The third-order valence-electron chi connectivity index (χ3n) is 3.30. The Morgan fingerprint density at radius 3 is 2.62 bits per heavy atom. The van der Waals surface area contributed by atoms with Crippen molar-refractivity contribution in [3.8, 4) is 11.4 Å². The number of aliphatic carboxylic acids is 1. The fourth-order valence-electron chi connectivity index (χ4n) is 2.15. The number of hydrogen-bond acceptors (Lipinski definition) is 6. The van der Waals surface area contributed by atoms with Gasteiger partial charge in [0.25, 0.3) is 0 Å². The van der Waals surface area contributed by atoms with Gasteiger partial charge in [-0.05, 0) is 36.3 Å². The molecule has 8 heteroatoms. The SMILES string of the molecule is Cc1cc(-c2nnnn2C(CC(=O)O)C(C)C)c(C)nn1. The second-order valence-corrected chi connectivity index (χ2v) is 5.34. The predicted octanol–water partition coefficient (Wildman–Crippen LogP) is 1.42. The highest BCUT2D eigenvalue weighted by Crippen LogP contribution is 2.27. The minimum absolute atomic E-state index is 0.0355. The molecule has 1 atom stereocenters. The smallest absolute Gasteiger partial charge is 0.305 e. The summed E-state index contributed by atoms with van der Waals surface area (Å²) in [5.41, 5.74) is 2.22. The summed E-state index contributed by atoms with van der Waals surface area (Å²) < 4.78 is 1.57. The van der Waals surface area contributed by atoms with Crippen LogP contribution in [-0.4, -0.2) is 41.5 Å². The number of aromatic nitrogens is 6. The van der Waals surface area contributed by atoms with Gasteiger partial charge in [-0.15, -0.1) is 5.10 Å². The van der Waals surface area contributed by atoms with Gasteiger partial charge in [0, 0.05) is 5.56 Å². The fraction of sp³-hybridized carbons (Fsp3) is 0.538. The van der Waals surface area contributed by atoms with Gasteiger partial charge in [-0.1, -0.05) is 13.8 Å². The van der Waals surface area contributed by atoms with E-state index in [4.69, 9.17) is 5.11 Å². The molecule has 0 aromatic carbocycles. The number of carboxylic acid groups (broad SMARTS) is 1. The summed E-state index contributed by atoms with van der Waals surface area (Å²) in [7, 11) is 0. The van der Waals surface area contributed by atoms with E-state index >= 15 is 0 Å². The standard InChI is InChI=1S/C13H18N6O2/c1-7(2)11(6-12(20)21)19-13(16-17-18-19)10-5-8(3)14-15-9(10)4/h5,7,11H,6H2,1-4H3,(H,20,21). The normalized spacial score (nSPS) is 12.6. The van der Waals surface area contributed by atoms with Crippen molar-refractivity contribution < 1.29 is 9.90 Å². The molecule has 1 N–H and O–H groups in total. The van der Waals surface area contributed by atoms with E-state index in [0.717, 1.165) is 11.3 Å². The average Bonchev–Trinajstić information content (AvgIpc) is 2.87. The van der Waals surface area contributed by atoms with Crippen LogP contribution in [0.2, 0.25) is 0 Å². The lowest BCUT2D eigenvalue weighted by Gasteiger charge is -2.20. The monoisotopic (exact) mass is 290 g/mol. The molecule has 2 aromatic heterocycles. The Balaban J connectivity index is 2.50. The van der Waals surface area contributed by atoms with Gasteiger partial charge < -0.3 is 5.11 Å². The second kappa shape index (κ2) is 5.94. The summed E-state index contributed by atoms with van der Waals surface area (Å²) in [6.45, 7) is 7.55. The Bertz CT molecular complexity index is 652. The van der Waals surface area contributed by atoms with E-state index in [2.05, 4.69) is 25.7 Å². The zero-order valence-electron chi connectivity index (χ0n) is 12.5. The van der Waals surface area contributed by atoms with Crippen LogP contribution in [0.5, 0.6) is 0 Å². The van der Waals surface area contributed by atoms with Crippen LogP contribution < -0.4 is 0 Å². The lowest BCUT2D eigenvalue weighted by molar-refractivity contribution is -0.138. The molecule has 0 fully saturated rings. The van der Waals surface area contributed by atoms with E-state index in [-0.39, 0.29) is 18.4 Å². The van der Waals surface area contributed by atoms with Gasteiger partial charge in [0.2, 0.25) is 0 Å². The number of rotatable bonds is 5. The van der Waals surface area contributed by atoms with Crippen LogP contribution in [0.15, 0.2) is 6.07 Å². The van der Waals surface area contributed by atoms with Crippen LogP contribution in [-0.2, 0) is 4.79 Å². The summed E-state index contributed by atoms with van der Waals surface area (Å²) in [6, 6.07) is 1.53. The second-order valence-electron chi connectivity index (χ2n) is 5.34. The van der Waals surface area contributed by atoms with E-state index in [1.54, 1.807) is 4.68 Å². The number of carbonyl (C=O) groups is 1. The lowest BCUT2D eigenvalue weighted by atomic mass is 10.0. The molecule has 0 aliphatic carbocycles. The van der Waals surface area contributed by atoms with Crippen molar-refractivity contribution >= 4 is 5.97 Å². The lowest BCUT2D eigenvalue weighted by Crippen LogP contribution is -2.21. The maximum atomic E-state index is 11.1. The summed E-state index contributed by atoms with van der Waals surface area (Å²) in [4.78, 5) is 11.1. The first kappa shape index (κ1) is 15.0. The predicted molar refractivity (Wildman–Crippen MR) is 74.4 cm³/mol. The van der Waals surface area contributed by atoms with E-state index in [1.807, 2.05) is 33.8 Å². The topological polar surface area (TPSA) is 107 Å². The summed E-state index contributed by atoms with van der Waals surface area (Å²) in [6.07, 6.45) is -0.0355. The Labute approximate surface area is 122 Å². The Morgan fingerprint density at radius 1 is 1.29 bits per heavy atom. The van der Waals surface area contributed by atoms with Gasteiger partial charge in [-0.3, -0.25) is 4.79 Å². The van der Waals surface area contributed by atoms with Crippen LogP contribution in [0.4, 0.5) is 0 Å². The zero-order chi connectivity index (χ0) is 15.6. The van der Waals surface area contributed by atoms with Gasteiger partial charge in [-0.25, -0.2) is 4.68 Å². The number of hydrogen-bond donors (Lipinski definition) is 1. The van der Waals surface area contributed by atoms with E-state index in [9.17, 15) is 4.79 Å². The summed E-state index contributed by atoms with van der Waals surface area (Å²) >= 11 is 0. The Morgan fingerprint density at radius 2 is 2.00 bits per heavy atom. The number of nitrogens with zero attached hydrogens (tertiary/aromatic N) is 6. The fourth-order valence-corrected chi connectivity index (χ4v) is 2.15. The molecular formula is C13H18N6O2. The Kier molecular flexibility index (Phi) is 4.25. The van der Waals surface area contributed by atoms with E-state index in [1.165, 1.54) is 0 Å². The minimum atomic E-state index is -0.879. The van der Waals surface area contributed by atoms with Crippen LogP contribution in [0.25, 0.3) is 11.4 Å². The van der Waals surface area contributed by atoms with Gasteiger partial charge in [0.15, 0.2) is 5.82 Å². The molecule has 0 aliphatic rings. The van der Waals surface area contributed by atoms with Crippen molar-refractivity contribution in [2.24, 2.45) is 5.92 Å². The maximum absolute atomic E-state index is 11.1. The molecule has 21 heavy (non-hydrogen) atoms. The van der Waals surface area contributed by atoms with Crippen molar-refractivity contribution in [3.05, 3.63) is 17.5 Å². The third-order valence-corrected chi connectivity index (χ3v) is 3.30. The van der Waals surface area contributed by atoms with Gasteiger partial charge >= 0.3 is 5.97 Å². The molecule has 0 amide bonds. The summed E-state index contributed by atoms with van der Waals surface area (Å²) in [5, 5.41) is 28.9. The van der Waals surface area contributed by atoms with E-state index < -0.39 is 5.97 Å². The van der Waals surface area contributed by atoms with Crippen LogP contribution in [0.3, 0.4) is 0 Å². The van der Waals surface area contributed by atoms with Crippen LogP contribution >= 0.6 is 0 Å². The minimum Gasteiger partial charge on any atom is -0.481 e. The molecule has 0 aliphatic heterocycles. The molecule has 0 saturated heterocycles. The van der Waals surface area contributed by atoms with Crippen molar-refractivity contribution in [2.45, 2.75) is 40.2 Å². The largest absolute Gasteiger partial charge is 0.481 e. The molecule has 0 saturated carbocycles. The highest BCUT2D eigenvalue weighted by molar-refractivity contribution is 5.67. The highest BCUT2D eigenvalue weighted by Gasteiger charge is 2.25. The molecule has 1 unspecified atom stereocenters. The van der Waals surface area contributed by atoms with E-state index in [0.29, 0.717) is 11.5 Å². The molecule has 2 heterocycles. The number of tetrazole rings is 1. The molecule has 0 spiro atoms. The van der Waals surface area contributed by atoms with Crippen LogP contribution in [0.1, 0.15) is 37.7 Å². The maximum Gasteiger partial charge on any atom is 0.305 e. The molecule has 2 rings (SSSR count).